The smallest absolute Gasteiger partial charge is 0.328 e. The summed E-state index contributed by atoms with van der Waals surface area (Å²) < 4.78 is 1.17. The van der Waals surface area contributed by atoms with Crippen LogP contribution in [-0.2, 0) is 16.8 Å². The Morgan fingerprint density at radius 2 is 1.88 bits per heavy atom. The first-order valence-corrected chi connectivity index (χ1v) is 7.92. The summed E-state index contributed by atoms with van der Waals surface area (Å²) >= 11 is 0. The SMILES string of the molecule is C[C@@H](CC(C)(C)c1ccccc1)NC(=O)Cn1ccc(=O)[nH]c1=O. The van der Waals surface area contributed by atoms with E-state index in [4.69, 9.17) is 0 Å². The number of aromatic nitrogens is 2. The van der Waals surface area contributed by atoms with Crippen LogP contribution in [0.15, 0.2) is 52.2 Å². The highest BCUT2D eigenvalue weighted by molar-refractivity contribution is 5.76. The summed E-state index contributed by atoms with van der Waals surface area (Å²) in [5, 5.41) is 2.91. The molecule has 0 spiro atoms. The van der Waals surface area contributed by atoms with Crippen LogP contribution < -0.4 is 16.6 Å². The molecule has 1 aromatic heterocycles. The van der Waals surface area contributed by atoms with Crippen molar-refractivity contribution in [2.45, 2.75) is 45.2 Å². The van der Waals surface area contributed by atoms with Crippen molar-refractivity contribution >= 4 is 5.91 Å². The van der Waals surface area contributed by atoms with Crippen LogP contribution in [0.3, 0.4) is 0 Å². The van der Waals surface area contributed by atoms with E-state index in [1.54, 1.807) is 0 Å². The fourth-order valence-corrected chi connectivity index (χ4v) is 2.87. The number of nitrogens with zero attached hydrogens (tertiary/aromatic N) is 1. The quantitative estimate of drug-likeness (QED) is 0.840. The predicted molar refractivity (Wildman–Crippen MR) is 93.0 cm³/mol. The van der Waals surface area contributed by atoms with Gasteiger partial charge in [-0.1, -0.05) is 44.2 Å². The van der Waals surface area contributed by atoms with E-state index in [1.165, 1.54) is 22.4 Å². The Bertz CT molecular complexity index is 806. The maximum absolute atomic E-state index is 12.1. The van der Waals surface area contributed by atoms with Crippen molar-refractivity contribution in [3.05, 3.63) is 69.0 Å². The highest BCUT2D eigenvalue weighted by Gasteiger charge is 2.24. The molecule has 2 aromatic rings. The highest BCUT2D eigenvalue weighted by atomic mass is 16.2. The minimum Gasteiger partial charge on any atom is -0.352 e. The molecule has 0 saturated carbocycles. The number of hydrogen-bond donors (Lipinski definition) is 2. The molecule has 6 nitrogen and oxygen atoms in total. The van der Waals surface area contributed by atoms with Crippen LogP contribution in [-0.4, -0.2) is 21.5 Å². The lowest BCUT2D eigenvalue weighted by Crippen LogP contribution is -2.41. The first-order chi connectivity index (χ1) is 11.3. The molecule has 1 atom stereocenters. The van der Waals surface area contributed by atoms with Crippen LogP contribution in [0.4, 0.5) is 0 Å². The summed E-state index contributed by atoms with van der Waals surface area (Å²) in [5.74, 6) is -0.263. The van der Waals surface area contributed by atoms with Crippen molar-refractivity contribution in [3.8, 4) is 0 Å². The summed E-state index contributed by atoms with van der Waals surface area (Å²) in [6, 6.07) is 11.3. The first-order valence-electron chi connectivity index (χ1n) is 7.92. The molecule has 1 aromatic carbocycles. The molecule has 1 heterocycles. The normalized spacial score (nSPS) is 12.6. The van der Waals surface area contributed by atoms with Crippen molar-refractivity contribution in [2.24, 2.45) is 0 Å². The van der Waals surface area contributed by atoms with Gasteiger partial charge >= 0.3 is 5.69 Å². The molecule has 24 heavy (non-hydrogen) atoms. The lowest BCUT2D eigenvalue weighted by Gasteiger charge is -2.29. The summed E-state index contributed by atoms with van der Waals surface area (Å²) in [7, 11) is 0. The van der Waals surface area contributed by atoms with Crippen LogP contribution in [0.5, 0.6) is 0 Å². The van der Waals surface area contributed by atoms with Gasteiger partial charge in [0.15, 0.2) is 0 Å². The maximum atomic E-state index is 12.1. The van der Waals surface area contributed by atoms with Crippen LogP contribution in [0.2, 0.25) is 0 Å². The van der Waals surface area contributed by atoms with Crippen molar-refractivity contribution in [1.82, 2.24) is 14.9 Å². The fraction of sp³-hybridized carbons (Fsp3) is 0.389. The van der Waals surface area contributed by atoms with E-state index >= 15 is 0 Å². The average Bonchev–Trinajstić information content (AvgIpc) is 2.50. The molecule has 0 unspecified atom stereocenters. The summed E-state index contributed by atoms with van der Waals surface area (Å²) in [6.07, 6.45) is 2.09. The van der Waals surface area contributed by atoms with E-state index < -0.39 is 11.2 Å². The van der Waals surface area contributed by atoms with E-state index in [2.05, 4.69) is 36.3 Å². The zero-order valence-corrected chi connectivity index (χ0v) is 14.2. The Hall–Kier alpha value is -2.63. The van der Waals surface area contributed by atoms with Gasteiger partial charge in [0.25, 0.3) is 5.56 Å². The number of hydrogen-bond acceptors (Lipinski definition) is 3. The Kier molecular flexibility index (Phi) is 5.39. The van der Waals surface area contributed by atoms with E-state index in [9.17, 15) is 14.4 Å². The Labute approximate surface area is 140 Å². The third-order valence-electron chi connectivity index (χ3n) is 3.99. The molecule has 0 aliphatic carbocycles. The third-order valence-corrected chi connectivity index (χ3v) is 3.99. The molecular weight excluding hydrogens is 306 g/mol. The minimum atomic E-state index is -0.588. The molecule has 0 radical (unpaired) electrons. The second-order valence-electron chi connectivity index (χ2n) is 6.66. The number of H-pyrrole nitrogens is 1. The van der Waals surface area contributed by atoms with Gasteiger partial charge in [-0.05, 0) is 24.3 Å². The minimum absolute atomic E-state index is 0.0498. The number of carbonyl (C=O) groups excluding carboxylic acids is 1. The Morgan fingerprint density at radius 3 is 2.50 bits per heavy atom. The van der Waals surface area contributed by atoms with Crippen LogP contribution in [0, 0.1) is 0 Å². The molecule has 0 aliphatic rings. The molecule has 0 fully saturated rings. The summed E-state index contributed by atoms with van der Waals surface area (Å²) in [5.41, 5.74) is 0.0653. The number of carbonyl (C=O) groups is 1. The average molecular weight is 329 g/mol. The lowest BCUT2D eigenvalue weighted by atomic mass is 9.79. The van der Waals surface area contributed by atoms with Gasteiger partial charge in [-0.15, -0.1) is 0 Å². The molecule has 0 saturated heterocycles. The number of benzene rings is 1. The van der Waals surface area contributed by atoms with Crippen molar-refractivity contribution in [3.63, 3.8) is 0 Å². The number of rotatable bonds is 6. The van der Waals surface area contributed by atoms with Gasteiger partial charge in [0.1, 0.15) is 6.54 Å². The van der Waals surface area contributed by atoms with E-state index in [0.29, 0.717) is 0 Å². The number of nitrogens with one attached hydrogen (secondary N) is 2. The summed E-state index contributed by atoms with van der Waals surface area (Å²) in [6.45, 7) is 6.10. The molecule has 1 amide bonds. The van der Waals surface area contributed by atoms with Gasteiger partial charge in [-0.3, -0.25) is 19.1 Å². The molecule has 2 N–H and O–H groups in total. The van der Waals surface area contributed by atoms with Crippen molar-refractivity contribution < 1.29 is 4.79 Å². The molecule has 128 valence electrons. The monoisotopic (exact) mass is 329 g/mol. The van der Waals surface area contributed by atoms with E-state index in [0.717, 1.165) is 6.42 Å². The fourth-order valence-electron chi connectivity index (χ4n) is 2.87. The topological polar surface area (TPSA) is 84.0 Å². The van der Waals surface area contributed by atoms with Crippen LogP contribution in [0.1, 0.15) is 32.8 Å². The van der Waals surface area contributed by atoms with Gasteiger partial charge in [-0.25, -0.2) is 4.79 Å². The Morgan fingerprint density at radius 1 is 1.21 bits per heavy atom. The van der Waals surface area contributed by atoms with Crippen LogP contribution >= 0.6 is 0 Å². The van der Waals surface area contributed by atoms with Gasteiger partial charge in [0.05, 0.1) is 0 Å². The molecular formula is C18H23N3O3. The second-order valence-corrected chi connectivity index (χ2v) is 6.66. The maximum Gasteiger partial charge on any atom is 0.328 e. The lowest BCUT2D eigenvalue weighted by molar-refractivity contribution is -0.122. The van der Waals surface area contributed by atoms with Crippen molar-refractivity contribution in [1.29, 1.82) is 0 Å². The van der Waals surface area contributed by atoms with Crippen molar-refractivity contribution in [2.75, 3.05) is 0 Å². The Balaban J connectivity index is 1.96. The second kappa shape index (κ2) is 7.29. The zero-order chi connectivity index (χ0) is 17.7. The summed E-state index contributed by atoms with van der Waals surface area (Å²) in [4.78, 5) is 36.9. The van der Waals surface area contributed by atoms with Gasteiger partial charge in [0.2, 0.25) is 5.91 Å². The largest absolute Gasteiger partial charge is 0.352 e. The number of amides is 1. The van der Waals surface area contributed by atoms with Crippen LogP contribution in [0.25, 0.3) is 0 Å². The zero-order valence-electron chi connectivity index (χ0n) is 14.2. The van der Waals surface area contributed by atoms with Gasteiger partial charge < -0.3 is 5.32 Å². The molecule has 0 aliphatic heterocycles. The van der Waals surface area contributed by atoms with E-state index in [-0.39, 0.29) is 23.9 Å². The molecule has 2 rings (SSSR count). The first kappa shape index (κ1) is 17.7. The molecule has 6 heteroatoms. The van der Waals surface area contributed by atoms with Gasteiger partial charge in [0, 0.05) is 18.3 Å². The predicted octanol–water partition coefficient (Wildman–Crippen LogP) is 1.41. The highest BCUT2D eigenvalue weighted by Crippen LogP contribution is 2.28. The number of aromatic amines is 1. The molecule has 0 bridgehead atoms. The van der Waals surface area contributed by atoms with Gasteiger partial charge in [-0.2, -0.15) is 0 Å². The standard InChI is InChI=1S/C18H23N3O3/c1-13(11-18(2,3)14-7-5-4-6-8-14)19-16(23)12-21-10-9-15(22)20-17(21)24/h4-10,13H,11-12H2,1-3H3,(H,19,23)(H,20,22,24)/t13-/m0/s1. The van der Waals surface area contributed by atoms with E-state index in [1.807, 2.05) is 25.1 Å². The third kappa shape index (κ3) is 4.68.